The summed E-state index contributed by atoms with van der Waals surface area (Å²) in [5.74, 6) is -0.911. The average molecular weight is 732 g/mol. The summed E-state index contributed by atoms with van der Waals surface area (Å²) in [5, 5.41) is 3.11. The molecule has 1 atom stereocenters. The van der Waals surface area contributed by atoms with Gasteiger partial charge in [-0.2, -0.15) is 0 Å². The van der Waals surface area contributed by atoms with Gasteiger partial charge < -0.3 is 10.2 Å². The molecule has 0 saturated carbocycles. The first-order valence-electron chi connectivity index (χ1n) is 14.5. The molecule has 45 heavy (non-hydrogen) atoms. The van der Waals surface area contributed by atoms with Crippen molar-refractivity contribution in [2.75, 3.05) is 17.4 Å². The highest BCUT2D eigenvalue weighted by atomic mass is 79.9. The number of rotatable bonds is 14. The van der Waals surface area contributed by atoms with Gasteiger partial charge in [0.2, 0.25) is 11.8 Å². The van der Waals surface area contributed by atoms with Gasteiger partial charge in [-0.15, -0.1) is 0 Å². The summed E-state index contributed by atoms with van der Waals surface area (Å²) in [7, 11) is -4.29. The maximum absolute atomic E-state index is 14.5. The van der Waals surface area contributed by atoms with Gasteiger partial charge in [-0.25, -0.2) is 8.42 Å². The lowest BCUT2D eigenvalue weighted by molar-refractivity contribution is -0.140. The highest BCUT2D eigenvalue weighted by molar-refractivity contribution is 9.10. The van der Waals surface area contributed by atoms with Gasteiger partial charge in [-0.3, -0.25) is 13.9 Å². The highest BCUT2D eigenvalue weighted by Crippen LogP contribution is 2.35. The summed E-state index contributed by atoms with van der Waals surface area (Å²) < 4.78 is 30.0. The van der Waals surface area contributed by atoms with Crippen molar-refractivity contribution in [3.05, 3.63) is 129 Å². The minimum Gasteiger partial charge on any atom is -0.354 e. The van der Waals surface area contributed by atoms with Crippen molar-refractivity contribution in [1.82, 2.24) is 10.2 Å². The van der Waals surface area contributed by atoms with Crippen LogP contribution >= 0.6 is 39.1 Å². The molecule has 7 nitrogen and oxygen atoms in total. The first-order chi connectivity index (χ1) is 21.6. The number of hydrogen-bond donors (Lipinski definition) is 1. The summed E-state index contributed by atoms with van der Waals surface area (Å²) in [4.78, 5) is 29.7. The molecule has 11 heteroatoms. The molecule has 0 bridgehead atoms. The molecule has 2 amide bonds. The monoisotopic (exact) mass is 729 g/mol. The summed E-state index contributed by atoms with van der Waals surface area (Å²) in [6.45, 7) is 1.91. The Hall–Kier alpha value is -3.37. The van der Waals surface area contributed by atoms with E-state index in [0.717, 1.165) is 32.7 Å². The van der Waals surface area contributed by atoms with Crippen LogP contribution in [0.1, 0.15) is 30.9 Å². The van der Waals surface area contributed by atoms with Crippen LogP contribution < -0.4 is 9.62 Å². The lowest BCUT2D eigenvalue weighted by Gasteiger charge is -2.34. The molecule has 4 aromatic carbocycles. The van der Waals surface area contributed by atoms with E-state index in [1.54, 1.807) is 30.3 Å². The van der Waals surface area contributed by atoms with Crippen LogP contribution in [0, 0.1) is 0 Å². The number of anilines is 1. The van der Waals surface area contributed by atoms with Crippen LogP contribution in [0.25, 0.3) is 0 Å². The van der Waals surface area contributed by atoms with Crippen LogP contribution in [-0.4, -0.2) is 44.3 Å². The van der Waals surface area contributed by atoms with E-state index in [1.807, 2.05) is 61.5 Å². The van der Waals surface area contributed by atoms with Gasteiger partial charge in [-0.05, 0) is 53.9 Å². The number of carbonyl (C=O) groups is 2. The van der Waals surface area contributed by atoms with E-state index in [1.165, 1.54) is 23.1 Å². The molecule has 236 valence electrons. The van der Waals surface area contributed by atoms with Crippen LogP contribution in [0.2, 0.25) is 10.0 Å². The molecule has 1 N–H and O–H groups in total. The number of benzene rings is 4. The number of nitrogens with one attached hydrogen (secondary N) is 1. The predicted octanol–water partition coefficient (Wildman–Crippen LogP) is 7.51. The summed E-state index contributed by atoms with van der Waals surface area (Å²) in [5.41, 5.74) is 1.66. The smallest absolute Gasteiger partial charge is 0.264 e. The lowest BCUT2D eigenvalue weighted by Crippen LogP contribution is -2.53. The maximum atomic E-state index is 14.5. The topological polar surface area (TPSA) is 86.8 Å². The Balaban J connectivity index is 1.81. The third-order valence-corrected chi connectivity index (χ3v) is 10.2. The van der Waals surface area contributed by atoms with Crippen LogP contribution in [0.4, 0.5) is 5.69 Å². The molecule has 0 spiro atoms. The minimum atomic E-state index is -4.29. The highest BCUT2D eigenvalue weighted by Gasteiger charge is 2.35. The Kier molecular flexibility index (Phi) is 12.5. The molecule has 0 unspecified atom stereocenters. The Morgan fingerprint density at radius 2 is 1.51 bits per heavy atom. The quantitative estimate of drug-likeness (QED) is 0.136. The normalized spacial score (nSPS) is 11.9. The second-order valence-electron chi connectivity index (χ2n) is 10.4. The molecule has 0 aliphatic rings. The number of amides is 2. The number of halogens is 3. The van der Waals surface area contributed by atoms with Crippen molar-refractivity contribution < 1.29 is 18.0 Å². The zero-order chi connectivity index (χ0) is 32.4. The van der Waals surface area contributed by atoms with Crippen LogP contribution in [-0.2, 0) is 32.6 Å². The predicted molar refractivity (Wildman–Crippen MR) is 184 cm³/mol. The molecule has 4 rings (SSSR count). The number of hydrogen-bond acceptors (Lipinski definition) is 4. The average Bonchev–Trinajstić information content (AvgIpc) is 3.04. The number of unbranched alkanes of at least 4 members (excludes halogenated alkanes) is 1. The van der Waals surface area contributed by atoms with E-state index in [9.17, 15) is 18.0 Å². The maximum Gasteiger partial charge on any atom is 0.264 e. The zero-order valence-electron chi connectivity index (χ0n) is 24.7. The molecular formula is C34H34BrCl2N3O4S. The van der Waals surface area contributed by atoms with E-state index < -0.39 is 28.5 Å². The zero-order valence-corrected chi connectivity index (χ0v) is 28.6. The molecule has 0 aliphatic heterocycles. The van der Waals surface area contributed by atoms with E-state index in [-0.39, 0.29) is 39.5 Å². The van der Waals surface area contributed by atoms with Gasteiger partial charge >= 0.3 is 0 Å². The van der Waals surface area contributed by atoms with Gasteiger partial charge in [0.05, 0.1) is 20.6 Å². The standard InChI is InChI=1S/C34H34BrCl2N3O4S/c1-2-3-20-38-34(42)31(22-25-12-6-4-7-13-25)39(23-26-14-10-15-27(35)21-26)32(41)24-40(30-19-11-18-29(36)33(30)37)45(43,44)28-16-8-5-9-17-28/h4-19,21,31H,2-3,20,22-24H2,1H3,(H,38,42)/t31-/m1/s1. The Labute approximate surface area is 283 Å². The molecule has 0 radical (unpaired) electrons. The fourth-order valence-electron chi connectivity index (χ4n) is 4.81. The third-order valence-electron chi connectivity index (χ3n) is 7.15. The molecular weight excluding hydrogens is 697 g/mol. The number of nitrogens with zero attached hydrogens (tertiary/aromatic N) is 2. The fraction of sp³-hybridized carbons (Fsp3) is 0.235. The van der Waals surface area contributed by atoms with Gasteiger partial charge in [0, 0.05) is 24.0 Å². The van der Waals surface area contributed by atoms with Crippen molar-refractivity contribution in [2.45, 2.75) is 43.7 Å². The summed E-state index contributed by atoms with van der Waals surface area (Å²) in [6, 6.07) is 28.3. The van der Waals surface area contributed by atoms with Crippen LogP contribution in [0.3, 0.4) is 0 Å². The van der Waals surface area contributed by atoms with E-state index in [2.05, 4.69) is 21.2 Å². The van der Waals surface area contributed by atoms with Crippen molar-refractivity contribution in [3.63, 3.8) is 0 Å². The van der Waals surface area contributed by atoms with Crippen molar-refractivity contribution in [1.29, 1.82) is 0 Å². The fourth-order valence-corrected chi connectivity index (χ4v) is 7.15. The van der Waals surface area contributed by atoms with Crippen LogP contribution in [0.5, 0.6) is 0 Å². The van der Waals surface area contributed by atoms with E-state index in [0.29, 0.717) is 6.54 Å². The SMILES string of the molecule is CCCCNC(=O)[C@@H](Cc1ccccc1)N(Cc1cccc(Br)c1)C(=O)CN(c1cccc(Cl)c1Cl)S(=O)(=O)c1ccccc1. The van der Waals surface area contributed by atoms with Crippen molar-refractivity contribution in [3.8, 4) is 0 Å². The first-order valence-corrected chi connectivity index (χ1v) is 17.5. The molecule has 0 fully saturated rings. The second kappa shape index (κ2) is 16.3. The van der Waals surface area contributed by atoms with Gasteiger partial charge in [0.25, 0.3) is 10.0 Å². The summed E-state index contributed by atoms with van der Waals surface area (Å²) >= 11 is 16.4. The third kappa shape index (κ3) is 9.10. The Morgan fingerprint density at radius 1 is 0.867 bits per heavy atom. The molecule has 0 saturated heterocycles. The van der Waals surface area contributed by atoms with Gasteiger partial charge in [0.15, 0.2) is 0 Å². The largest absolute Gasteiger partial charge is 0.354 e. The molecule has 4 aromatic rings. The minimum absolute atomic E-state index is 0.0110. The van der Waals surface area contributed by atoms with E-state index >= 15 is 0 Å². The number of carbonyl (C=O) groups excluding carboxylic acids is 2. The van der Waals surface area contributed by atoms with E-state index in [4.69, 9.17) is 23.2 Å². The second-order valence-corrected chi connectivity index (χ2v) is 14.0. The lowest BCUT2D eigenvalue weighted by atomic mass is 10.0. The Morgan fingerprint density at radius 3 is 2.18 bits per heavy atom. The van der Waals surface area contributed by atoms with Crippen molar-refractivity contribution >= 4 is 66.7 Å². The van der Waals surface area contributed by atoms with Gasteiger partial charge in [0.1, 0.15) is 12.6 Å². The molecule has 0 aromatic heterocycles. The van der Waals surface area contributed by atoms with Crippen LogP contribution in [0.15, 0.2) is 112 Å². The molecule has 0 aliphatic carbocycles. The summed E-state index contributed by atoms with van der Waals surface area (Å²) in [6.07, 6.45) is 1.89. The Bertz CT molecular complexity index is 1710. The van der Waals surface area contributed by atoms with Gasteiger partial charge in [-0.1, -0.05) is 119 Å². The molecule has 0 heterocycles. The number of sulfonamides is 1. The van der Waals surface area contributed by atoms with Crippen molar-refractivity contribution in [2.24, 2.45) is 0 Å². The first kappa shape index (κ1) is 34.5.